The van der Waals surface area contributed by atoms with Crippen molar-refractivity contribution in [2.45, 2.75) is 23.4 Å². The average Bonchev–Trinajstić information content (AvgIpc) is 3.25. The summed E-state index contributed by atoms with van der Waals surface area (Å²) < 4.78 is 1.89. The minimum Gasteiger partial charge on any atom is -0.345 e. The van der Waals surface area contributed by atoms with Gasteiger partial charge in [0.1, 0.15) is 0 Å². The zero-order valence-electron chi connectivity index (χ0n) is 12.0. The Balaban J connectivity index is 1.71. The van der Waals surface area contributed by atoms with Crippen LogP contribution in [-0.4, -0.2) is 26.5 Å². The number of rotatable bonds is 3. The zero-order chi connectivity index (χ0) is 14.9. The second-order valence-corrected chi connectivity index (χ2v) is 7.04. The minimum atomic E-state index is 0.161. The fourth-order valence-electron chi connectivity index (χ4n) is 2.82. The van der Waals surface area contributed by atoms with Gasteiger partial charge >= 0.3 is 0 Å². The number of hydrogen-bond acceptors (Lipinski definition) is 6. The molecular weight excluding hydrogens is 314 g/mol. The number of nitrogens with zero attached hydrogens (tertiary/aromatic N) is 4. The Labute approximate surface area is 136 Å². The third-order valence-electron chi connectivity index (χ3n) is 3.94. The van der Waals surface area contributed by atoms with E-state index in [0.29, 0.717) is 0 Å². The van der Waals surface area contributed by atoms with Gasteiger partial charge in [0, 0.05) is 9.77 Å². The van der Waals surface area contributed by atoms with Gasteiger partial charge in [0.2, 0.25) is 5.95 Å². The van der Waals surface area contributed by atoms with Crippen molar-refractivity contribution in [3.8, 4) is 0 Å². The maximum absolute atomic E-state index is 4.16. The van der Waals surface area contributed by atoms with Crippen LogP contribution in [0, 0.1) is 0 Å². The first-order valence-corrected chi connectivity index (χ1v) is 9.17. The third-order valence-corrected chi connectivity index (χ3v) is 5.67. The molecule has 0 bridgehead atoms. The van der Waals surface area contributed by atoms with Crippen LogP contribution in [0.2, 0.25) is 0 Å². The quantitative estimate of drug-likeness (QED) is 0.744. The number of anilines is 1. The molecule has 112 valence electrons. The van der Waals surface area contributed by atoms with Crippen molar-refractivity contribution in [2.24, 2.45) is 0 Å². The molecule has 2 atom stereocenters. The van der Waals surface area contributed by atoms with Crippen LogP contribution in [0.4, 0.5) is 5.95 Å². The summed E-state index contributed by atoms with van der Waals surface area (Å²) in [7, 11) is 0. The third kappa shape index (κ3) is 2.40. The number of aromatic nitrogens is 4. The van der Waals surface area contributed by atoms with Crippen molar-refractivity contribution in [1.82, 2.24) is 20.2 Å². The first-order chi connectivity index (χ1) is 10.8. The molecule has 22 heavy (non-hydrogen) atoms. The lowest BCUT2D eigenvalue weighted by Gasteiger charge is -2.30. The van der Waals surface area contributed by atoms with Crippen LogP contribution in [0.15, 0.2) is 46.7 Å². The van der Waals surface area contributed by atoms with Gasteiger partial charge in [-0.25, -0.2) is 4.68 Å². The molecule has 2 aromatic heterocycles. The number of fused-ring (bicyclic) bond motifs is 1. The average molecular weight is 329 g/mol. The predicted molar refractivity (Wildman–Crippen MR) is 89.5 cm³/mol. The fraction of sp³-hybridized carbons (Fsp3) is 0.267. The van der Waals surface area contributed by atoms with Gasteiger partial charge in [-0.3, -0.25) is 0 Å². The molecule has 7 heteroatoms. The molecule has 4 rings (SSSR count). The summed E-state index contributed by atoms with van der Waals surface area (Å²) in [6.45, 7) is 0. The summed E-state index contributed by atoms with van der Waals surface area (Å²) in [5, 5.41) is 17.7. The van der Waals surface area contributed by atoms with Gasteiger partial charge in [0.25, 0.3) is 0 Å². The molecule has 0 saturated heterocycles. The van der Waals surface area contributed by atoms with Gasteiger partial charge in [-0.05, 0) is 52.2 Å². The molecule has 0 spiro atoms. The molecule has 0 unspecified atom stereocenters. The molecule has 1 aliphatic heterocycles. The molecule has 1 N–H and O–H groups in total. The highest BCUT2D eigenvalue weighted by Gasteiger charge is 2.30. The molecule has 0 fully saturated rings. The molecule has 0 radical (unpaired) electrons. The summed E-state index contributed by atoms with van der Waals surface area (Å²) in [5.74, 6) is 0.739. The standard InChI is InChI=1S/C15H15N5S2/c1-21-11-6-4-10(5-7-11)13-9-12(14-3-2-8-22-14)16-15-17-18-19-20(13)15/h2-8,12-13H,9H2,1H3,(H,16,17,19)/t12-,13+/m0/s1. The van der Waals surface area contributed by atoms with E-state index in [1.54, 1.807) is 23.1 Å². The van der Waals surface area contributed by atoms with Crippen LogP contribution >= 0.6 is 23.1 Å². The summed E-state index contributed by atoms with van der Waals surface area (Å²) >= 11 is 3.52. The fourth-order valence-corrected chi connectivity index (χ4v) is 4.02. The molecule has 5 nitrogen and oxygen atoms in total. The van der Waals surface area contributed by atoms with E-state index in [1.165, 1.54) is 15.3 Å². The van der Waals surface area contributed by atoms with E-state index in [4.69, 9.17) is 0 Å². The molecular formula is C15H15N5S2. The van der Waals surface area contributed by atoms with Crippen LogP contribution in [0.25, 0.3) is 0 Å². The van der Waals surface area contributed by atoms with Gasteiger partial charge < -0.3 is 5.32 Å². The maximum atomic E-state index is 4.16. The lowest BCUT2D eigenvalue weighted by molar-refractivity contribution is 0.426. The first kappa shape index (κ1) is 13.8. The highest BCUT2D eigenvalue weighted by molar-refractivity contribution is 7.98. The Hall–Kier alpha value is -1.86. The lowest BCUT2D eigenvalue weighted by Crippen LogP contribution is -2.27. The summed E-state index contributed by atoms with van der Waals surface area (Å²) in [6, 6.07) is 13.3. The number of thioether (sulfide) groups is 1. The van der Waals surface area contributed by atoms with Crippen LogP contribution in [0.1, 0.15) is 28.9 Å². The number of benzene rings is 1. The SMILES string of the molecule is CSc1ccc([C@H]2C[C@@H](c3cccs3)Nc3nnnn32)cc1. The van der Waals surface area contributed by atoms with Crippen molar-refractivity contribution in [2.75, 3.05) is 11.6 Å². The van der Waals surface area contributed by atoms with E-state index in [-0.39, 0.29) is 12.1 Å². The monoisotopic (exact) mass is 329 g/mol. The van der Waals surface area contributed by atoms with Gasteiger partial charge in [-0.15, -0.1) is 23.1 Å². The van der Waals surface area contributed by atoms with Crippen molar-refractivity contribution < 1.29 is 0 Å². The van der Waals surface area contributed by atoms with Gasteiger partial charge in [-0.2, -0.15) is 0 Å². The van der Waals surface area contributed by atoms with Gasteiger partial charge in [-0.1, -0.05) is 23.3 Å². The molecule has 3 aromatic rings. The van der Waals surface area contributed by atoms with Crippen LogP contribution in [0.3, 0.4) is 0 Å². The largest absolute Gasteiger partial charge is 0.345 e. The van der Waals surface area contributed by atoms with Crippen LogP contribution < -0.4 is 5.32 Å². The Morgan fingerprint density at radius 3 is 2.86 bits per heavy atom. The second-order valence-electron chi connectivity index (χ2n) is 5.18. The number of tetrazole rings is 1. The molecule has 0 saturated carbocycles. The Bertz CT molecular complexity index is 751. The number of thiophene rings is 1. The topological polar surface area (TPSA) is 55.6 Å². The highest BCUT2D eigenvalue weighted by Crippen LogP contribution is 2.38. The Kier molecular flexibility index (Phi) is 3.59. The van der Waals surface area contributed by atoms with Crippen molar-refractivity contribution >= 4 is 29.0 Å². The molecule has 0 aliphatic carbocycles. The Morgan fingerprint density at radius 2 is 2.14 bits per heavy atom. The van der Waals surface area contributed by atoms with E-state index >= 15 is 0 Å². The summed E-state index contributed by atoms with van der Waals surface area (Å²) in [5.41, 5.74) is 1.24. The van der Waals surface area contributed by atoms with Crippen molar-refractivity contribution in [3.05, 3.63) is 52.2 Å². The molecule has 0 amide bonds. The van der Waals surface area contributed by atoms with Gasteiger partial charge in [0.05, 0.1) is 12.1 Å². The first-order valence-electron chi connectivity index (χ1n) is 7.07. The number of nitrogens with one attached hydrogen (secondary N) is 1. The highest BCUT2D eigenvalue weighted by atomic mass is 32.2. The normalized spacial score (nSPS) is 20.4. The van der Waals surface area contributed by atoms with Crippen LogP contribution in [-0.2, 0) is 0 Å². The summed E-state index contributed by atoms with van der Waals surface area (Å²) in [4.78, 5) is 2.59. The van der Waals surface area contributed by atoms with E-state index < -0.39 is 0 Å². The smallest absolute Gasteiger partial charge is 0.244 e. The van der Waals surface area contributed by atoms with Crippen molar-refractivity contribution in [1.29, 1.82) is 0 Å². The second kappa shape index (κ2) is 5.73. The molecule has 1 aliphatic rings. The van der Waals surface area contributed by atoms with E-state index in [1.807, 2.05) is 4.68 Å². The van der Waals surface area contributed by atoms with E-state index in [0.717, 1.165) is 12.4 Å². The Morgan fingerprint density at radius 1 is 1.27 bits per heavy atom. The molecule has 1 aromatic carbocycles. The van der Waals surface area contributed by atoms with Gasteiger partial charge in [0.15, 0.2) is 0 Å². The maximum Gasteiger partial charge on any atom is 0.244 e. The molecule has 3 heterocycles. The summed E-state index contributed by atoms with van der Waals surface area (Å²) in [6.07, 6.45) is 3.03. The van der Waals surface area contributed by atoms with Crippen LogP contribution in [0.5, 0.6) is 0 Å². The van der Waals surface area contributed by atoms with E-state index in [9.17, 15) is 0 Å². The zero-order valence-corrected chi connectivity index (χ0v) is 13.6. The van der Waals surface area contributed by atoms with E-state index in [2.05, 4.69) is 68.9 Å². The number of hydrogen-bond donors (Lipinski definition) is 1. The van der Waals surface area contributed by atoms with Crippen molar-refractivity contribution in [3.63, 3.8) is 0 Å². The predicted octanol–water partition coefficient (Wildman–Crippen LogP) is 3.60. The minimum absolute atomic E-state index is 0.161. The lowest BCUT2D eigenvalue weighted by atomic mass is 9.97.